The quantitative estimate of drug-likeness (QED) is 0.740. The second-order valence-electron chi connectivity index (χ2n) is 7.52. The highest BCUT2D eigenvalue weighted by atomic mass is 16.6. The lowest BCUT2D eigenvalue weighted by Gasteiger charge is -2.26. The zero-order valence-electron chi connectivity index (χ0n) is 15.6. The minimum absolute atomic E-state index is 0.299. The number of aromatic nitrogens is 2. The SMILES string of the molecule is O=C1NCC2(CCCN(c3nc(-c4ccccc4)nc4ccccc34)CC2)O1. The van der Waals surface area contributed by atoms with E-state index in [1.807, 2.05) is 48.5 Å². The Bertz CT molecular complexity index is 1020. The van der Waals surface area contributed by atoms with Crippen molar-refractivity contribution in [3.8, 4) is 11.4 Å². The Morgan fingerprint density at radius 1 is 0.964 bits per heavy atom. The lowest BCUT2D eigenvalue weighted by Crippen LogP contribution is -2.35. The van der Waals surface area contributed by atoms with Gasteiger partial charge in [0.2, 0.25) is 0 Å². The van der Waals surface area contributed by atoms with Crippen molar-refractivity contribution < 1.29 is 9.53 Å². The van der Waals surface area contributed by atoms with Gasteiger partial charge in [0, 0.05) is 30.5 Å². The standard InChI is InChI=1S/C22H22N4O2/c27-21-23-15-22(28-21)11-6-13-26(14-12-22)20-17-9-4-5-10-18(17)24-19(25-20)16-7-2-1-3-8-16/h1-5,7-10H,6,11-15H2,(H,23,27). The summed E-state index contributed by atoms with van der Waals surface area (Å²) in [6.07, 6.45) is 2.32. The maximum absolute atomic E-state index is 11.6. The van der Waals surface area contributed by atoms with Crippen LogP contribution in [0.25, 0.3) is 22.3 Å². The van der Waals surface area contributed by atoms with Crippen LogP contribution in [-0.2, 0) is 4.74 Å². The number of para-hydroxylation sites is 1. The molecule has 2 fully saturated rings. The lowest BCUT2D eigenvalue weighted by molar-refractivity contribution is 0.0473. The summed E-state index contributed by atoms with van der Waals surface area (Å²) in [6.45, 7) is 2.28. The fourth-order valence-electron chi connectivity index (χ4n) is 4.18. The van der Waals surface area contributed by atoms with E-state index in [1.54, 1.807) is 0 Å². The first-order chi connectivity index (χ1) is 13.7. The highest BCUT2D eigenvalue weighted by molar-refractivity contribution is 5.91. The van der Waals surface area contributed by atoms with E-state index in [9.17, 15) is 4.79 Å². The van der Waals surface area contributed by atoms with Gasteiger partial charge in [-0.2, -0.15) is 0 Å². The maximum Gasteiger partial charge on any atom is 0.407 e. The number of fused-ring (bicyclic) bond motifs is 1. The van der Waals surface area contributed by atoms with Gasteiger partial charge in [0.15, 0.2) is 5.82 Å². The Morgan fingerprint density at radius 2 is 1.79 bits per heavy atom. The summed E-state index contributed by atoms with van der Waals surface area (Å²) in [6, 6.07) is 18.2. The van der Waals surface area contributed by atoms with Gasteiger partial charge in [0.05, 0.1) is 12.1 Å². The molecule has 2 aromatic carbocycles. The highest BCUT2D eigenvalue weighted by Crippen LogP contribution is 2.33. The molecule has 1 atom stereocenters. The van der Waals surface area contributed by atoms with Crippen molar-refractivity contribution in [2.24, 2.45) is 0 Å². The number of ether oxygens (including phenoxy) is 1. The van der Waals surface area contributed by atoms with Crippen molar-refractivity contribution >= 4 is 22.8 Å². The average Bonchev–Trinajstić information content (AvgIpc) is 2.98. The number of rotatable bonds is 2. The molecule has 0 saturated carbocycles. The van der Waals surface area contributed by atoms with Crippen LogP contribution in [0.3, 0.4) is 0 Å². The van der Waals surface area contributed by atoms with Crippen LogP contribution in [0, 0.1) is 0 Å². The van der Waals surface area contributed by atoms with E-state index in [0.717, 1.165) is 60.5 Å². The Morgan fingerprint density at radius 3 is 2.61 bits per heavy atom. The van der Waals surface area contributed by atoms with Gasteiger partial charge in [-0.15, -0.1) is 0 Å². The second kappa shape index (κ2) is 6.78. The van der Waals surface area contributed by atoms with E-state index in [2.05, 4.69) is 16.3 Å². The zero-order valence-corrected chi connectivity index (χ0v) is 15.6. The van der Waals surface area contributed by atoms with E-state index in [4.69, 9.17) is 14.7 Å². The minimum Gasteiger partial charge on any atom is -0.441 e. The predicted molar refractivity (Wildman–Crippen MR) is 108 cm³/mol. The van der Waals surface area contributed by atoms with Gasteiger partial charge in [0.25, 0.3) is 0 Å². The number of carbonyl (C=O) groups is 1. The number of anilines is 1. The van der Waals surface area contributed by atoms with Crippen molar-refractivity contribution in [1.29, 1.82) is 0 Å². The summed E-state index contributed by atoms with van der Waals surface area (Å²) in [5.41, 5.74) is 1.57. The fourth-order valence-corrected chi connectivity index (χ4v) is 4.18. The van der Waals surface area contributed by atoms with Gasteiger partial charge in [-0.1, -0.05) is 42.5 Å². The molecule has 1 amide bonds. The molecule has 1 unspecified atom stereocenters. The van der Waals surface area contributed by atoms with Crippen LogP contribution in [0.4, 0.5) is 10.6 Å². The molecule has 2 aliphatic rings. The predicted octanol–water partition coefficient (Wildman–Crippen LogP) is 3.77. The molecule has 0 aliphatic carbocycles. The monoisotopic (exact) mass is 374 g/mol. The second-order valence-corrected chi connectivity index (χ2v) is 7.52. The molecule has 2 saturated heterocycles. The summed E-state index contributed by atoms with van der Waals surface area (Å²) in [5.74, 6) is 1.70. The van der Waals surface area contributed by atoms with Gasteiger partial charge in [-0.05, 0) is 25.0 Å². The highest BCUT2D eigenvalue weighted by Gasteiger charge is 2.41. The third-order valence-electron chi connectivity index (χ3n) is 5.68. The molecule has 6 heteroatoms. The number of amides is 1. The molecule has 3 heterocycles. The van der Waals surface area contributed by atoms with E-state index < -0.39 is 0 Å². The largest absolute Gasteiger partial charge is 0.441 e. The molecule has 1 aromatic heterocycles. The topological polar surface area (TPSA) is 67.4 Å². The van der Waals surface area contributed by atoms with Gasteiger partial charge in [0.1, 0.15) is 11.4 Å². The van der Waals surface area contributed by atoms with Crippen LogP contribution < -0.4 is 10.2 Å². The number of benzene rings is 2. The van der Waals surface area contributed by atoms with Gasteiger partial charge in [-0.25, -0.2) is 14.8 Å². The molecule has 5 rings (SSSR count). The first kappa shape index (κ1) is 17.0. The van der Waals surface area contributed by atoms with E-state index in [0.29, 0.717) is 6.54 Å². The summed E-state index contributed by atoms with van der Waals surface area (Å²) in [5, 5.41) is 3.87. The van der Waals surface area contributed by atoms with Crippen molar-refractivity contribution in [3.05, 3.63) is 54.6 Å². The third kappa shape index (κ3) is 3.05. The Hall–Kier alpha value is -3.15. The summed E-state index contributed by atoms with van der Waals surface area (Å²) in [4.78, 5) is 23.7. The van der Waals surface area contributed by atoms with Crippen LogP contribution in [0.1, 0.15) is 19.3 Å². The van der Waals surface area contributed by atoms with Crippen molar-refractivity contribution in [2.45, 2.75) is 24.9 Å². The van der Waals surface area contributed by atoms with Crippen LogP contribution in [-0.4, -0.2) is 41.3 Å². The first-order valence-corrected chi connectivity index (χ1v) is 9.77. The van der Waals surface area contributed by atoms with Gasteiger partial charge >= 0.3 is 6.09 Å². The maximum atomic E-state index is 11.6. The number of hydrogen-bond donors (Lipinski definition) is 1. The van der Waals surface area contributed by atoms with E-state index >= 15 is 0 Å². The van der Waals surface area contributed by atoms with Crippen LogP contribution in [0.5, 0.6) is 0 Å². The van der Waals surface area contributed by atoms with Gasteiger partial charge < -0.3 is 15.0 Å². The number of nitrogens with one attached hydrogen (secondary N) is 1. The van der Waals surface area contributed by atoms with E-state index in [-0.39, 0.29) is 11.7 Å². The Balaban J connectivity index is 1.53. The average molecular weight is 374 g/mol. The van der Waals surface area contributed by atoms with Gasteiger partial charge in [-0.3, -0.25) is 0 Å². The number of nitrogens with zero attached hydrogens (tertiary/aromatic N) is 3. The van der Waals surface area contributed by atoms with E-state index in [1.165, 1.54) is 0 Å². The molecule has 1 spiro atoms. The molecular formula is C22H22N4O2. The molecule has 142 valence electrons. The molecule has 0 bridgehead atoms. The van der Waals surface area contributed by atoms with Crippen LogP contribution in [0.2, 0.25) is 0 Å². The van der Waals surface area contributed by atoms with Crippen molar-refractivity contribution in [2.75, 3.05) is 24.5 Å². The Labute approximate surface area is 163 Å². The number of hydrogen-bond acceptors (Lipinski definition) is 5. The smallest absolute Gasteiger partial charge is 0.407 e. The molecule has 2 aliphatic heterocycles. The minimum atomic E-state index is -0.378. The molecular weight excluding hydrogens is 352 g/mol. The summed E-state index contributed by atoms with van der Waals surface area (Å²) in [7, 11) is 0. The van der Waals surface area contributed by atoms with Crippen LogP contribution >= 0.6 is 0 Å². The van der Waals surface area contributed by atoms with Crippen molar-refractivity contribution in [1.82, 2.24) is 15.3 Å². The normalized spacial score (nSPS) is 22.1. The third-order valence-corrected chi connectivity index (χ3v) is 5.68. The summed E-state index contributed by atoms with van der Waals surface area (Å²) >= 11 is 0. The first-order valence-electron chi connectivity index (χ1n) is 9.77. The lowest BCUT2D eigenvalue weighted by atomic mass is 9.95. The fraction of sp³-hybridized carbons (Fsp3) is 0.318. The molecule has 1 N–H and O–H groups in total. The summed E-state index contributed by atoms with van der Waals surface area (Å²) < 4.78 is 5.63. The molecule has 6 nitrogen and oxygen atoms in total. The molecule has 0 radical (unpaired) electrons. The zero-order chi connectivity index (χ0) is 19.0. The Kier molecular flexibility index (Phi) is 4.11. The number of alkyl carbamates (subject to hydrolysis) is 1. The molecule has 3 aromatic rings. The number of carbonyl (C=O) groups excluding carboxylic acids is 1. The van der Waals surface area contributed by atoms with Crippen molar-refractivity contribution in [3.63, 3.8) is 0 Å². The van der Waals surface area contributed by atoms with Crippen LogP contribution in [0.15, 0.2) is 54.6 Å². The molecule has 28 heavy (non-hydrogen) atoms.